The van der Waals surface area contributed by atoms with Crippen molar-refractivity contribution < 1.29 is 24.0 Å². The third-order valence-corrected chi connectivity index (χ3v) is 10.8. The Morgan fingerprint density at radius 2 is 1.48 bits per heavy atom. The molecule has 4 bridgehead atoms. The van der Waals surface area contributed by atoms with Gasteiger partial charge in [-0.2, -0.15) is 0 Å². The van der Waals surface area contributed by atoms with Crippen LogP contribution in [0.1, 0.15) is 103 Å². The molecule has 46 heavy (non-hydrogen) atoms. The van der Waals surface area contributed by atoms with Crippen LogP contribution in [-0.2, 0) is 32.0 Å². The lowest BCUT2D eigenvalue weighted by Gasteiger charge is -2.56. The number of carbonyl (C=O) groups is 5. The number of hydrogen-bond acceptors (Lipinski definition) is 5. The van der Waals surface area contributed by atoms with Crippen LogP contribution in [0.4, 0.5) is 4.79 Å². The van der Waals surface area contributed by atoms with E-state index in [-0.39, 0.29) is 29.8 Å². The minimum Gasteiger partial charge on any atom is -0.363 e. The van der Waals surface area contributed by atoms with E-state index in [0.29, 0.717) is 56.4 Å². The second-order valence-electron chi connectivity index (χ2n) is 14.7. The number of nitrogens with one attached hydrogen (secondary N) is 3. The summed E-state index contributed by atoms with van der Waals surface area (Å²) in [5, 5.41) is 9.16. The number of likely N-dealkylation sites (tertiary alicyclic amines) is 1. The van der Waals surface area contributed by atoms with Crippen molar-refractivity contribution in [3.63, 3.8) is 0 Å². The van der Waals surface area contributed by atoms with E-state index >= 15 is 0 Å². The highest BCUT2D eigenvalue weighted by Gasteiger charge is 2.52. The van der Waals surface area contributed by atoms with Gasteiger partial charge in [-0.3, -0.25) is 19.2 Å². The molecule has 6 aliphatic rings. The number of amides is 5. The zero-order valence-electron chi connectivity index (χ0n) is 27.8. The molecule has 0 aromatic heterocycles. The van der Waals surface area contributed by atoms with Crippen molar-refractivity contribution in [1.82, 2.24) is 20.9 Å². The van der Waals surface area contributed by atoms with Gasteiger partial charge >= 0.3 is 6.03 Å². The molecule has 0 radical (unpaired) electrons. The van der Waals surface area contributed by atoms with Crippen LogP contribution in [0.15, 0.2) is 24.3 Å². The number of fused-ring (bicyclic) bond motifs is 1. The van der Waals surface area contributed by atoms with E-state index in [0.717, 1.165) is 19.3 Å². The van der Waals surface area contributed by atoms with Crippen LogP contribution in [0, 0.1) is 23.7 Å². The monoisotopic (exact) mass is 635 g/mol. The fourth-order valence-corrected chi connectivity index (χ4v) is 9.37. The predicted molar refractivity (Wildman–Crippen MR) is 175 cm³/mol. The molecule has 5 amide bonds. The van der Waals surface area contributed by atoms with Crippen LogP contribution in [0.25, 0.3) is 0 Å². The van der Waals surface area contributed by atoms with Crippen molar-refractivity contribution in [2.75, 3.05) is 6.54 Å². The molecule has 1 aromatic rings. The standard InChI is InChI=1S/C33H45N5O5.C3H8/c1-2-6-25(28(39)29(34)40)35-30(41)26-9-5-10-38(26)31(42)27(24-14-22-7-3-4-8-23(22)15-24)36-32(43)37-33-16-19-11-20(17-33)13-21(12-19)18-33;1-3-2/h3-4,7-8,19-21,24-27H,2,5-6,9-18H2,1H3,(H2,34,40)(H,35,41)(H2,36,37,43);3H2,1-2H3/t19?,20?,21?,25?,26-,27-,33?;/m0./s1. The normalized spacial score (nSPS) is 28.8. The van der Waals surface area contributed by atoms with Crippen molar-refractivity contribution in [3.8, 4) is 0 Å². The van der Waals surface area contributed by atoms with Gasteiger partial charge in [-0.05, 0) is 105 Å². The molecule has 0 spiro atoms. The summed E-state index contributed by atoms with van der Waals surface area (Å²) in [6, 6.07) is 5.23. The number of carbonyl (C=O) groups excluding carboxylic acids is 5. The van der Waals surface area contributed by atoms with Gasteiger partial charge in [-0.15, -0.1) is 0 Å². The SMILES string of the molecule is CCC.CCCC(NC(=O)[C@@H]1CCCN1C(=O)[C@@H](NC(=O)NC12CC3CC(CC(C3)C1)C2)C1Cc2ccccc2C1)C(=O)C(N)=O. The summed E-state index contributed by atoms with van der Waals surface area (Å²) in [4.78, 5) is 66.9. The Kier molecular flexibility index (Phi) is 10.7. The summed E-state index contributed by atoms with van der Waals surface area (Å²) < 4.78 is 0. The Morgan fingerprint density at radius 1 is 0.913 bits per heavy atom. The van der Waals surface area contributed by atoms with Crippen molar-refractivity contribution in [1.29, 1.82) is 0 Å². The van der Waals surface area contributed by atoms with E-state index in [1.54, 1.807) is 4.90 Å². The maximum Gasteiger partial charge on any atom is 0.315 e. The molecule has 1 heterocycles. The zero-order chi connectivity index (χ0) is 33.0. The third kappa shape index (κ3) is 7.41. The first kappa shape index (κ1) is 33.9. The number of rotatable bonds is 10. The first-order valence-electron chi connectivity index (χ1n) is 17.7. The highest BCUT2D eigenvalue weighted by Crippen LogP contribution is 2.55. The largest absolute Gasteiger partial charge is 0.363 e. The zero-order valence-corrected chi connectivity index (χ0v) is 27.8. The highest BCUT2D eigenvalue weighted by atomic mass is 16.2. The topological polar surface area (TPSA) is 151 Å². The van der Waals surface area contributed by atoms with Crippen molar-refractivity contribution in [2.45, 2.75) is 128 Å². The number of hydrogen-bond donors (Lipinski definition) is 4. The van der Waals surface area contributed by atoms with Gasteiger partial charge in [0.05, 0.1) is 6.04 Å². The van der Waals surface area contributed by atoms with E-state index in [9.17, 15) is 24.0 Å². The summed E-state index contributed by atoms with van der Waals surface area (Å²) in [5.74, 6) is -0.778. The smallest absolute Gasteiger partial charge is 0.315 e. The Labute approximate surface area is 273 Å². The molecule has 5 aliphatic carbocycles. The summed E-state index contributed by atoms with van der Waals surface area (Å²) in [6.07, 6.45) is 11.4. The van der Waals surface area contributed by atoms with Gasteiger partial charge in [-0.25, -0.2) is 4.79 Å². The van der Waals surface area contributed by atoms with Gasteiger partial charge in [0, 0.05) is 12.1 Å². The van der Waals surface area contributed by atoms with E-state index in [4.69, 9.17) is 5.73 Å². The van der Waals surface area contributed by atoms with Gasteiger partial charge in [-0.1, -0.05) is 57.9 Å². The Morgan fingerprint density at radius 3 is 2.00 bits per heavy atom. The van der Waals surface area contributed by atoms with Crippen molar-refractivity contribution >= 4 is 29.5 Å². The molecule has 1 saturated heterocycles. The molecule has 1 aliphatic heterocycles. The third-order valence-electron chi connectivity index (χ3n) is 10.8. The minimum atomic E-state index is -1.09. The van der Waals surface area contributed by atoms with Crippen molar-refractivity contribution in [3.05, 3.63) is 35.4 Å². The Hall–Kier alpha value is -3.43. The number of benzene rings is 1. The molecule has 4 saturated carbocycles. The number of primary amides is 1. The fourth-order valence-electron chi connectivity index (χ4n) is 9.37. The summed E-state index contributed by atoms with van der Waals surface area (Å²) in [7, 11) is 0. The lowest BCUT2D eigenvalue weighted by atomic mass is 9.53. The number of Topliss-reactive ketones (excluding diaryl/α,β-unsaturated/α-hetero) is 1. The number of ketones is 1. The van der Waals surface area contributed by atoms with E-state index in [1.165, 1.54) is 36.8 Å². The van der Waals surface area contributed by atoms with Gasteiger partial charge in [0.1, 0.15) is 12.1 Å². The summed E-state index contributed by atoms with van der Waals surface area (Å²) in [5.41, 5.74) is 7.38. The summed E-state index contributed by atoms with van der Waals surface area (Å²) in [6.45, 7) is 6.48. The van der Waals surface area contributed by atoms with E-state index < -0.39 is 35.7 Å². The Balaban J connectivity index is 0.00000134. The molecule has 7 rings (SSSR count). The quantitative estimate of drug-likeness (QED) is 0.289. The maximum atomic E-state index is 14.3. The average molecular weight is 636 g/mol. The molecule has 3 atom stereocenters. The average Bonchev–Trinajstić information content (AvgIpc) is 3.66. The molecule has 10 nitrogen and oxygen atoms in total. The lowest BCUT2D eigenvalue weighted by Crippen LogP contribution is -2.64. The fraction of sp³-hybridized carbons (Fsp3) is 0.694. The van der Waals surface area contributed by atoms with Gasteiger partial charge in [0.25, 0.3) is 5.91 Å². The van der Waals surface area contributed by atoms with Crippen LogP contribution in [0.2, 0.25) is 0 Å². The molecular formula is C36H53N5O5. The second kappa shape index (κ2) is 14.6. The maximum absolute atomic E-state index is 14.3. The molecule has 1 aromatic carbocycles. The van der Waals surface area contributed by atoms with Crippen molar-refractivity contribution in [2.24, 2.45) is 29.4 Å². The Bertz CT molecular complexity index is 1250. The first-order chi connectivity index (χ1) is 22.1. The molecule has 5 N–H and O–H groups in total. The lowest BCUT2D eigenvalue weighted by molar-refractivity contribution is -0.142. The van der Waals surface area contributed by atoms with Gasteiger partial charge < -0.3 is 26.6 Å². The number of nitrogens with zero attached hydrogens (tertiary/aromatic N) is 1. The molecule has 10 heteroatoms. The van der Waals surface area contributed by atoms with Gasteiger partial charge in [0.2, 0.25) is 17.6 Å². The predicted octanol–water partition coefficient (Wildman–Crippen LogP) is 3.78. The van der Waals surface area contributed by atoms with E-state index in [2.05, 4.69) is 41.9 Å². The first-order valence-corrected chi connectivity index (χ1v) is 17.7. The molecular weight excluding hydrogens is 582 g/mol. The van der Waals surface area contributed by atoms with Gasteiger partial charge in [0.15, 0.2) is 0 Å². The van der Waals surface area contributed by atoms with Crippen LogP contribution in [-0.4, -0.2) is 64.6 Å². The van der Waals surface area contributed by atoms with Crippen LogP contribution >= 0.6 is 0 Å². The number of urea groups is 1. The number of nitrogens with two attached hydrogens (primary N) is 1. The van der Waals surface area contributed by atoms with Crippen LogP contribution < -0.4 is 21.7 Å². The highest BCUT2D eigenvalue weighted by molar-refractivity contribution is 6.37. The van der Waals surface area contributed by atoms with Crippen LogP contribution in [0.5, 0.6) is 0 Å². The van der Waals surface area contributed by atoms with Crippen LogP contribution in [0.3, 0.4) is 0 Å². The summed E-state index contributed by atoms with van der Waals surface area (Å²) >= 11 is 0. The molecule has 5 fully saturated rings. The second-order valence-corrected chi connectivity index (χ2v) is 14.7. The molecule has 1 unspecified atom stereocenters. The van der Waals surface area contributed by atoms with E-state index in [1.807, 2.05) is 19.1 Å². The minimum absolute atomic E-state index is 0.138. The molecule has 252 valence electrons.